The fourth-order valence-electron chi connectivity index (χ4n) is 2.82. The molecule has 0 aliphatic carbocycles. The van der Waals surface area contributed by atoms with Crippen LogP contribution in [0.1, 0.15) is 30.0 Å². The van der Waals surface area contributed by atoms with Crippen LogP contribution in [0, 0.1) is 19.8 Å². The summed E-state index contributed by atoms with van der Waals surface area (Å²) in [5, 5.41) is 8.98. The van der Waals surface area contributed by atoms with Gasteiger partial charge in [0.25, 0.3) is 0 Å². The van der Waals surface area contributed by atoms with Crippen LogP contribution < -0.4 is 4.90 Å². The molecule has 0 atom stereocenters. The maximum atomic E-state index is 4.58. The number of rotatable bonds is 3. The summed E-state index contributed by atoms with van der Waals surface area (Å²) in [6, 6.07) is 0. The van der Waals surface area contributed by atoms with Crippen LogP contribution in [0.5, 0.6) is 0 Å². The van der Waals surface area contributed by atoms with Crippen molar-refractivity contribution in [3.63, 3.8) is 0 Å². The molecule has 0 amide bonds. The molecule has 3 aromatic rings. The molecule has 1 aliphatic rings. The van der Waals surface area contributed by atoms with Crippen molar-refractivity contribution in [2.45, 2.75) is 20.8 Å². The van der Waals surface area contributed by atoms with E-state index >= 15 is 0 Å². The van der Waals surface area contributed by atoms with Crippen LogP contribution in [0.4, 0.5) is 5.95 Å². The Labute approximate surface area is 139 Å². The second-order valence-electron chi connectivity index (χ2n) is 6.41. The Morgan fingerprint density at radius 2 is 1.92 bits per heavy atom. The van der Waals surface area contributed by atoms with E-state index in [-0.39, 0.29) is 0 Å². The third kappa shape index (κ3) is 2.44. The van der Waals surface area contributed by atoms with E-state index in [9.17, 15) is 0 Å². The van der Waals surface area contributed by atoms with Gasteiger partial charge in [0.2, 0.25) is 5.95 Å². The van der Waals surface area contributed by atoms with Crippen molar-refractivity contribution < 1.29 is 0 Å². The van der Waals surface area contributed by atoms with Gasteiger partial charge in [-0.3, -0.25) is 4.98 Å². The van der Waals surface area contributed by atoms with E-state index in [2.05, 4.69) is 37.0 Å². The fourth-order valence-corrected chi connectivity index (χ4v) is 2.82. The number of aryl methyl sites for hydroxylation is 3. The Morgan fingerprint density at radius 1 is 1.12 bits per heavy atom. The number of anilines is 1. The zero-order valence-corrected chi connectivity index (χ0v) is 14.3. The zero-order chi connectivity index (χ0) is 16.8. The van der Waals surface area contributed by atoms with Gasteiger partial charge in [0.1, 0.15) is 0 Å². The molecule has 4 rings (SSSR count). The molecule has 4 heterocycles. The van der Waals surface area contributed by atoms with Crippen molar-refractivity contribution in [1.29, 1.82) is 0 Å². The average molecular weight is 324 g/mol. The summed E-state index contributed by atoms with van der Waals surface area (Å²) < 4.78 is 3.59. The number of aromatic nitrogens is 7. The van der Waals surface area contributed by atoms with E-state index in [0.29, 0.717) is 5.82 Å². The molecule has 0 radical (unpaired) electrons. The third-order valence-electron chi connectivity index (χ3n) is 4.38. The van der Waals surface area contributed by atoms with Crippen molar-refractivity contribution >= 4 is 23.7 Å². The predicted molar refractivity (Wildman–Crippen MR) is 91.6 cm³/mol. The first-order valence-corrected chi connectivity index (χ1v) is 8.04. The Kier molecular flexibility index (Phi) is 3.33. The second kappa shape index (κ2) is 5.40. The lowest BCUT2D eigenvalue weighted by atomic mass is 10.0. The number of hydrogen-bond acceptors (Lipinski definition) is 6. The summed E-state index contributed by atoms with van der Waals surface area (Å²) in [5.74, 6) is 2.92. The Morgan fingerprint density at radius 3 is 2.67 bits per heavy atom. The molecular weight excluding hydrogens is 304 g/mol. The molecule has 3 aromatic heterocycles. The molecule has 0 spiro atoms. The SMILES string of the molecule is Cc1ncc2nc(/C=C/c3nc(N4CC(C)C4)nn3C)nn2c1C. The lowest BCUT2D eigenvalue weighted by Crippen LogP contribution is -2.45. The topological polar surface area (TPSA) is 77.0 Å². The molecule has 0 N–H and O–H groups in total. The van der Waals surface area contributed by atoms with Gasteiger partial charge >= 0.3 is 0 Å². The van der Waals surface area contributed by atoms with Crippen LogP contribution in [0.15, 0.2) is 6.20 Å². The first-order chi connectivity index (χ1) is 11.5. The highest BCUT2D eigenvalue weighted by atomic mass is 15.4. The van der Waals surface area contributed by atoms with Gasteiger partial charge < -0.3 is 4.90 Å². The van der Waals surface area contributed by atoms with Gasteiger partial charge in [0.05, 0.1) is 17.6 Å². The van der Waals surface area contributed by atoms with E-state index in [1.54, 1.807) is 10.9 Å². The zero-order valence-electron chi connectivity index (χ0n) is 14.3. The molecule has 8 heteroatoms. The summed E-state index contributed by atoms with van der Waals surface area (Å²) in [7, 11) is 1.90. The number of fused-ring (bicyclic) bond motifs is 1. The minimum absolute atomic E-state index is 0.632. The molecule has 0 saturated carbocycles. The lowest BCUT2D eigenvalue weighted by Gasteiger charge is -2.36. The normalized spacial score (nSPS) is 15.6. The van der Waals surface area contributed by atoms with Gasteiger partial charge in [-0.2, -0.15) is 4.98 Å². The van der Waals surface area contributed by atoms with Crippen LogP contribution in [0.2, 0.25) is 0 Å². The fraction of sp³-hybridized carbons (Fsp3) is 0.438. The van der Waals surface area contributed by atoms with Gasteiger partial charge in [-0.1, -0.05) is 6.92 Å². The molecule has 0 bridgehead atoms. The summed E-state index contributed by atoms with van der Waals surface area (Å²) in [6.07, 6.45) is 5.48. The summed E-state index contributed by atoms with van der Waals surface area (Å²) >= 11 is 0. The first kappa shape index (κ1) is 14.8. The van der Waals surface area contributed by atoms with Gasteiger partial charge in [0, 0.05) is 20.1 Å². The van der Waals surface area contributed by atoms with Crippen LogP contribution in [-0.4, -0.2) is 47.4 Å². The number of nitrogens with zero attached hydrogens (tertiary/aromatic N) is 8. The van der Waals surface area contributed by atoms with Crippen molar-refractivity contribution in [1.82, 2.24) is 34.3 Å². The highest BCUT2D eigenvalue weighted by Crippen LogP contribution is 2.21. The molecule has 0 aromatic carbocycles. The van der Waals surface area contributed by atoms with Crippen LogP contribution >= 0.6 is 0 Å². The maximum absolute atomic E-state index is 4.58. The van der Waals surface area contributed by atoms with E-state index in [4.69, 9.17) is 0 Å². The van der Waals surface area contributed by atoms with E-state index in [0.717, 1.165) is 47.8 Å². The maximum Gasteiger partial charge on any atom is 0.245 e. The van der Waals surface area contributed by atoms with Crippen LogP contribution in [-0.2, 0) is 7.05 Å². The molecule has 0 unspecified atom stereocenters. The van der Waals surface area contributed by atoms with Crippen LogP contribution in [0.3, 0.4) is 0 Å². The van der Waals surface area contributed by atoms with Crippen molar-refractivity contribution in [3.05, 3.63) is 29.2 Å². The average Bonchev–Trinajstić information content (AvgIpc) is 3.10. The Bertz CT molecular complexity index is 929. The predicted octanol–water partition coefficient (Wildman–Crippen LogP) is 1.50. The highest BCUT2D eigenvalue weighted by molar-refractivity contribution is 5.64. The second-order valence-corrected chi connectivity index (χ2v) is 6.41. The minimum atomic E-state index is 0.632. The van der Waals surface area contributed by atoms with E-state index < -0.39 is 0 Å². The smallest absolute Gasteiger partial charge is 0.245 e. The van der Waals surface area contributed by atoms with Crippen molar-refractivity contribution in [2.75, 3.05) is 18.0 Å². The summed E-state index contributed by atoms with van der Waals surface area (Å²) in [4.78, 5) is 15.6. The van der Waals surface area contributed by atoms with Gasteiger partial charge in [0.15, 0.2) is 17.3 Å². The summed E-state index contributed by atoms with van der Waals surface area (Å²) in [5.41, 5.74) is 2.68. The van der Waals surface area contributed by atoms with Crippen molar-refractivity contribution in [3.8, 4) is 0 Å². The quantitative estimate of drug-likeness (QED) is 0.726. The minimum Gasteiger partial charge on any atom is -0.339 e. The molecule has 124 valence electrons. The van der Waals surface area contributed by atoms with E-state index in [1.807, 2.05) is 37.6 Å². The van der Waals surface area contributed by atoms with Crippen molar-refractivity contribution in [2.24, 2.45) is 13.0 Å². The Hall–Kier alpha value is -2.77. The molecule has 1 saturated heterocycles. The summed E-state index contributed by atoms with van der Waals surface area (Å²) in [6.45, 7) is 8.22. The lowest BCUT2D eigenvalue weighted by molar-refractivity contribution is 0.438. The molecule has 1 aliphatic heterocycles. The molecule has 8 nitrogen and oxygen atoms in total. The molecule has 1 fully saturated rings. The third-order valence-corrected chi connectivity index (χ3v) is 4.38. The van der Waals surface area contributed by atoms with Gasteiger partial charge in [-0.15, -0.1) is 10.2 Å². The van der Waals surface area contributed by atoms with E-state index in [1.165, 1.54) is 0 Å². The molecular formula is C16H20N8. The van der Waals surface area contributed by atoms with Gasteiger partial charge in [-0.25, -0.2) is 14.2 Å². The standard InChI is InChI=1S/C16H20N8/c1-10-8-23(9-10)16-19-14(22(4)21-16)6-5-13-18-15-7-17-11(2)12(3)24(15)20-13/h5-7,10H,8-9H2,1-4H3/b6-5+. The highest BCUT2D eigenvalue weighted by Gasteiger charge is 2.26. The largest absolute Gasteiger partial charge is 0.339 e. The Balaban J connectivity index is 1.60. The molecule has 24 heavy (non-hydrogen) atoms. The van der Waals surface area contributed by atoms with Crippen LogP contribution in [0.25, 0.3) is 17.8 Å². The number of hydrogen-bond donors (Lipinski definition) is 0. The monoisotopic (exact) mass is 324 g/mol. The van der Waals surface area contributed by atoms with Gasteiger partial charge in [-0.05, 0) is 31.9 Å². The first-order valence-electron chi connectivity index (χ1n) is 8.04.